The topological polar surface area (TPSA) is 59.3 Å². The summed E-state index contributed by atoms with van der Waals surface area (Å²) in [6.07, 6.45) is -0.165. The van der Waals surface area contributed by atoms with Gasteiger partial charge in [-0.25, -0.2) is 0 Å². The minimum absolute atomic E-state index is 0.165. The summed E-state index contributed by atoms with van der Waals surface area (Å²) in [6, 6.07) is 6.42. The second-order valence-corrected chi connectivity index (χ2v) is 4.41. The van der Waals surface area contributed by atoms with Crippen LogP contribution < -0.4 is 5.43 Å². The first-order chi connectivity index (χ1) is 8.52. The minimum atomic E-state index is -0.954. The van der Waals surface area contributed by atoms with Gasteiger partial charge in [0.15, 0.2) is 5.43 Å². The Morgan fingerprint density at radius 1 is 1.39 bits per heavy atom. The molecule has 0 spiro atoms. The quantitative estimate of drug-likeness (QED) is 0.926. The average Bonchev–Trinajstić information content (AvgIpc) is 2.29. The predicted molar refractivity (Wildman–Crippen MR) is 70.2 cm³/mol. The molecule has 1 aromatic carbocycles. The summed E-state index contributed by atoms with van der Waals surface area (Å²) >= 11 is 5.87. The zero-order valence-corrected chi connectivity index (χ0v) is 10.6. The predicted octanol–water partition coefficient (Wildman–Crippen LogP) is 2.30. The van der Waals surface area contributed by atoms with E-state index in [1.807, 2.05) is 11.5 Å². The van der Waals surface area contributed by atoms with Crippen molar-refractivity contribution < 1.29 is 9.90 Å². The van der Waals surface area contributed by atoms with Crippen LogP contribution in [-0.4, -0.2) is 15.6 Å². The maximum atomic E-state index is 11.9. The Balaban J connectivity index is 2.79. The van der Waals surface area contributed by atoms with Crippen molar-refractivity contribution in [2.24, 2.45) is 0 Å². The van der Waals surface area contributed by atoms with Gasteiger partial charge in [0.05, 0.1) is 11.9 Å². The number of aliphatic carboxylic acids is 1. The van der Waals surface area contributed by atoms with Crippen molar-refractivity contribution in [2.75, 3.05) is 0 Å². The van der Waals surface area contributed by atoms with Crippen LogP contribution in [0.25, 0.3) is 10.9 Å². The molecule has 0 radical (unpaired) electrons. The molecule has 0 saturated carbocycles. The van der Waals surface area contributed by atoms with Crippen molar-refractivity contribution in [1.82, 2.24) is 4.57 Å². The number of halogens is 1. The van der Waals surface area contributed by atoms with Gasteiger partial charge in [-0.3, -0.25) is 9.59 Å². The van der Waals surface area contributed by atoms with E-state index in [0.29, 0.717) is 28.2 Å². The number of fused-ring (bicyclic) bond motifs is 1. The molecule has 1 aromatic heterocycles. The van der Waals surface area contributed by atoms with E-state index in [1.165, 1.54) is 6.07 Å². The molecule has 4 nitrogen and oxygen atoms in total. The Hall–Kier alpha value is -1.81. The van der Waals surface area contributed by atoms with E-state index in [4.69, 9.17) is 16.7 Å². The van der Waals surface area contributed by atoms with Crippen molar-refractivity contribution in [1.29, 1.82) is 0 Å². The smallest absolute Gasteiger partial charge is 0.309 e. The van der Waals surface area contributed by atoms with Gasteiger partial charge >= 0.3 is 5.97 Å². The Morgan fingerprint density at radius 3 is 2.72 bits per heavy atom. The maximum Gasteiger partial charge on any atom is 0.309 e. The van der Waals surface area contributed by atoms with Gasteiger partial charge in [0, 0.05) is 28.7 Å². The first-order valence-corrected chi connectivity index (χ1v) is 5.94. The number of aryl methyl sites for hydroxylation is 1. The van der Waals surface area contributed by atoms with Gasteiger partial charge in [-0.05, 0) is 25.1 Å². The molecule has 5 heteroatoms. The van der Waals surface area contributed by atoms with Crippen LogP contribution >= 0.6 is 11.6 Å². The number of carbonyl (C=O) groups is 1. The lowest BCUT2D eigenvalue weighted by molar-refractivity contribution is -0.136. The molecule has 0 fully saturated rings. The fourth-order valence-corrected chi connectivity index (χ4v) is 2.25. The molecule has 0 amide bonds. The largest absolute Gasteiger partial charge is 0.481 e. The average molecular weight is 266 g/mol. The summed E-state index contributed by atoms with van der Waals surface area (Å²) in [5.74, 6) is -0.954. The van der Waals surface area contributed by atoms with Gasteiger partial charge in [-0.1, -0.05) is 11.6 Å². The molecular formula is C13H12ClNO3. The Morgan fingerprint density at radius 2 is 2.11 bits per heavy atom. The lowest BCUT2D eigenvalue weighted by atomic mass is 10.1. The molecule has 0 unspecified atom stereocenters. The molecule has 0 aliphatic heterocycles. The highest BCUT2D eigenvalue weighted by Gasteiger charge is 2.11. The summed E-state index contributed by atoms with van der Waals surface area (Å²) < 4.78 is 1.82. The third-order valence-corrected chi connectivity index (χ3v) is 3.04. The van der Waals surface area contributed by atoms with Gasteiger partial charge in [0.1, 0.15) is 0 Å². The zero-order valence-electron chi connectivity index (χ0n) is 9.81. The SMILES string of the molecule is CCn1c(CC(=O)O)cc(=O)c2cc(Cl)ccc21. The lowest BCUT2D eigenvalue weighted by Gasteiger charge is -2.14. The molecule has 1 N–H and O–H groups in total. The summed E-state index contributed by atoms with van der Waals surface area (Å²) in [5.41, 5.74) is 1.02. The van der Waals surface area contributed by atoms with E-state index in [0.717, 1.165) is 0 Å². The van der Waals surface area contributed by atoms with Crippen LogP contribution in [0.1, 0.15) is 12.6 Å². The number of pyridine rings is 1. The van der Waals surface area contributed by atoms with Crippen LogP contribution in [0.15, 0.2) is 29.1 Å². The van der Waals surface area contributed by atoms with Crippen molar-refractivity contribution in [3.05, 3.63) is 45.2 Å². The zero-order chi connectivity index (χ0) is 13.3. The molecule has 0 atom stereocenters. The van der Waals surface area contributed by atoms with Crippen LogP contribution in [0, 0.1) is 0 Å². The van der Waals surface area contributed by atoms with Gasteiger partial charge in [0.25, 0.3) is 0 Å². The van der Waals surface area contributed by atoms with Gasteiger partial charge in [-0.15, -0.1) is 0 Å². The number of nitrogens with zero attached hydrogens (tertiary/aromatic N) is 1. The summed E-state index contributed by atoms with van der Waals surface area (Å²) in [7, 11) is 0. The van der Waals surface area contributed by atoms with Gasteiger partial charge in [-0.2, -0.15) is 0 Å². The minimum Gasteiger partial charge on any atom is -0.481 e. The molecule has 0 aliphatic rings. The fourth-order valence-electron chi connectivity index (χ4n) is 2.08. The summed E-state index contributed by atoms with van der Waals surface area (Å²) in [5, 5.41) is 9.86. The Labute approximate surface area is 108 Å². The molecule has 2 rings (SSSR count). The number of benzene rings is 1. The van der Waals surface area contributed by atoms with E-state index >= 15 is 0 Å². The normalized spacial score (nSPS) is 10.8. The van der Waals surface area contributed by atoms with Gasteiger partial charge < -0.3 is 9.67 Å². The van der Waals surface area contributed by atoms with Crippen LogP contribution in [-0.2, 0) is 17.8 Å². The highest BCUT2D eigenvalue weighted by Crippen LogP contribution is 2.18. The summed E-state index contributed by atoms with van der Waals surface area (Å²) in [6.45, 7) is 2.50. The third-order valence-electron chi connectivity index (χ3n) is 2.81. The molecule has 18 heavy (non-hydrogen) atoms. The highest BCUT2D eigenvalue weighted by atomic mass is 35.5. The standard InChI is InChI=1S/C13H12ClNO3/c1-2-15-9(7-13(17)18)6-12(16)10-5-8(14)3-4-11(10)15/h3-6H,2,7H2,1H3,(H,17,18). The lowest BCUT2D eigenvalue weighted by Crippen LogP contribution is -2.16. The second kappa shape index (κ2) is 4.82. The number of aromatic nitrogens is 1. The van der Waals surface area contributed by atoms with E-state index in [-0.39, 0.29) is 11.8 Å². The number of rotatable bonds is 3. The van der Waals surface area contributed by atoms with Crippen LogP contribution in [0.4, 0.5) is 0 Å². The van der Waals surface area contributed by atoms with Crippen molar-refractivity contribution >= 4 is 28.5 Å². The molecule has 2 aromatic rings. The fraction of sp³-hybridized carbons (Fsp3) is 0.231. The molecule has 94 valence electrons. The van der Waals surface area contributed by atoms with Gasteiger partial charge in [0.2, 0.25) is 0 Å². The molecule has 0 aliphatic carbocycles. The Bertz CT molecular complexity index is 676. The number of carboxylic acid groups (broad SMARTS) is 1. The summed E-state index contributed by atoms with van der Waals surface area (Å²) in [4.78, 5) is 22.7. The third kappa shape index (κ3) is 2.24. The Kier molecular flexibility index (Phi) is 3.39. The van der Waals surface area contributed by atoms with Crippen molar-refractivity contribution in [3.8, 4) is 0 Å². The second-order valence-electron chi connectivity index (χ2n) is 3.98. The van der Waals surface area contributed by atoms with Crippen molar-refractivity contribution in [3.63, 3.8) is 0 Å². The van der Waals surface area contributed by atoms with Crippen LogP contribution in [0.3, 0.4) is 0 Å². The van der Waals surface area contributed by atoms with Crippen LogP contribution in [0.5, 0.6) is 0 Å². The van der Waals surface area contributed by atoms with E-state index in [9.17, 15) is 9.59 Å². The molecule has 0 bridgehead atoms. The van der Waals surface area contributed by atoms with E-state index < -0.39 is 5.97 Å². The molecular weight excluding hydrogens is 254 g/mol. The van der Waals surface area contributed by atoms with Crippen LogP contribution in [0.2, 0.25) is 5.02 Å². The maximum absolute atomic E-state index is 11.9. The number of carboxylic acids is 1. The number of hydrogen-bond donors (Lipinski definition) is 1. The highest BCUT2D eigenvalue weighted by molar-refractivity contribution is 6.31. The first kappa shape index (κ1) is 12.6. The van der Waals surface area contributed by atoms with E-state index in [2.05, 4.69) is 0 Å². The number of hydrogen-bond acceptors (Lipinski definition) is 2. The molecule has 0 saturated heterocycles. The van der Waals surface area contributed by atoms with Crippen molar-refractivity contribution in [2.45, 2.75) is 19.9 Å². The molecule has 1 heterocycles. The monoisotopic (exact) mass is 265 g/mol. The van der Waals surface area contributed by atoms with E-state index in [1.54, 1.807) is 18.2 Å². The first-order valence-electron chi connectivity index (χ1n) is 5.56.